The van der Waals surface area contributed by atoms with Crippen LogP contribution in [0.25, 0.3) is 5.82 Å². The Morgan fingerprint density at radius 3 is 2.75 bits per heavy atom. The van der Waals surface area contributed by atoms with Crippen LogP contribution >= 0.6 is 0 Å². The van der Waals surface area contributed by atoms with Gasteiger partial charge in [0.2, 0.25) is 0 Å². The van der Waals surface area contributed by atoms with Crippen molar-refractivity contribution in [2.45, 2.75) is 37.9 Å². The summed E-state index contributed by atoms with van der Waals surface area (Å²) in [5.74, 6) is -0.508. The Bertz CT molecular complexity index is 795. The van der Waals surface area contributed by atoms with Gasteiger partial charge in [0, 0.05) is 25.0 Å². The Hall–Kier alpha value is -2.38. The lowest BCUT2D eigenvalue weighted by Gasteiger charge is -2.21. The van der Waals surface area contributed by atoms with Crippen LogP contribution in [0.4, 0.5) is 13.2 Å². The van der Waals surface area contributed by atoms with Crippen LogP contribution in [-0.4, -0.2) is 37.9 Å². The van der Waals surface area contributed by atoms with Crippen LogP contribution in [-0.2, 0) is 12.6 Å². The first kappa shape index (κ1) is 15.2. The first-order valence-corrected chi connectivity index (χ1v) is 7.85. The summed E-state index contributed by atoms with van der Waals surface area (Å²) in [5, 5.41) is 0. The lowest BCUT2D eigenvalue weighted by molar-refractivity contribution is -0.138. The van der Waals surface area contributed by atoms with E-state index in [9.17, 15) is 18.0 Å². The first-order chi connectivity index (χ1) is 11.5. The van der Waals surface area contributed by atoms with Crippen LogP contribution in [0.3, 0.4) is 0 Å². The van der Waals surface area contributed by atoms with Gasteiger partial charge in [-0.25, -0.2) is 9.97 Å². The van der Waals surface area contributed by atoms with Gasteiger partial charge in [-0.1, -0.05) is 0 Å². The SMILES string of the molecule is O=C1c2c(ccn2-c2ncncc2C(F)(F)F)CCCN1C1CC1. The minimum atomic E-state index is -4.59. The van der Waals surface area contributed by atoms with Crippen LogP contribution < -0.4 is 0 Å². The number of hydrogen-bond acceptors (Lipinski definition) is 3. The second-order valence-corrected chi connectivity index (χ2v) is 6.15. The summed E-state index contributed by atoms with van der Waals surface area (Å²) in [4.78, 5) is 22.0. The number of rotatable bonds is 2. The molecule has 5 nitrogen and oxygen atoms in total. The van der Waals surface area contributed by atoms with Gasteiger partial charge in [0.25, 0.3) is 5.91 Å². The van der Waals surface area contributed by atoms with Crippen molar-refractivity contribution < 1.29 is 18.0 Å². The third-order valence-corrected chi connectivity index (χ3v) is 4.49. The van der Waals surface area contributed by atoms with E-state index in [1.165, 1.54) is 10.8 Å². The Morgan fingerprint density at radius 1 is 1.25 bits per heavy atom. The lowest BCUT2D eigenvalue weighted by atomic mass is 10.1. The minimum Gasteiger partial charge on any atom is -0.334 e. The van der Waals surface area contributed by atoms with E-state index in [-0.39, 0.29) is 17.8 Å². The Morgan fingerprint density at radius 2 is 2.04 bits per heavy atom. The van der Waals surface area contributed by atoms with Gasteiger partial charge in [-0.05, 0) is 37.3 Å². The highest BCUT2D eigenvalue weighted by molar-refractivity contribution is 5.95. The molecule has 0 bridgehead atoms. The number of amides is 1. The molecule has 126 valence electrons. The average molecular weight is 336 g/mol. The highest BCUT2D eigenvalue weighted by Gasteiger charge is 2.39. The molecule has 0 saturated heterocycles. The molecule has 24 heavy (non-hydrogen) atoms. The van der Waals surface area contributed by atoms with Crippen molar-refractivity contribution in [2.75, 3.05) is 6.54 Å². The zero-order valence-corrected chi connectivity index (χ0v) is 12.8. The van der Waals surface area contributed by atoms with Crippen molar-refractivity contribution in [3.05, 3.63) is 41.6 Å². The number of aromatic nitrogens is 3. The van der Waals surface area contributed by atoms with Gasteiger partial charge in [-0.2, -0.15) is 13.2 Å². The smallest absolute Gasteiger partial charge is 0.334 e. The second-order valence-electron chi connectivity index (χ2n) is 6.15. The van der Waals surface area contributed by atoms with Crippen molar-refractivity contribution in [1.82, 2.24) is 19.4 Å². The number of carbonyl (C=O) groups excluding carboxylic acids is 1. The summed E-state index contributed by atoms with van der Waals surface area (Å²) in [7, 11) is 0. The molecular formula is C16H15F3N4O. The van der Waals surface area contributed by atoms with E-state index in [2.05, 4.69) is 9.97 Å². The number of alkyl halides is 3. The molecule has 0 spiro atoms. The quantitative estimate of drug-likeness (QED) is 0.847. The largest absolute Gasteiger partial charge is 0.421 e. The molecule has 1 amide bonds. The lowest BCUT2D eigenvalue weighted by Crippen LogP contribution is -2.34. The maximum Gasteiger partial charge on any atom is 0.421 e. The van der Waals surface area contributed by atoms with Crippen molar-refractivity contribution in [1.29, 1.82) is 0 Å². The summed E-state index contributed by atoms with van der Waals surface area (Å²) in [6.45, 7) is 0.647. The van der Waals surface area contributed by atoms with Crippen LogP contribution in [0.2, 0.25) is 0 Å². The molecule has 0 unspecified atom stereocenters. The fourth-order valence-electron chi connectivity index (χ4n) is 3.22. The number of aryl methyl sites for hydroxylation is 1. The minimum absolute atomic E-state index is 0.207. The maximum absolute atomic E-state index is 13.3. The van der Waals surface area contributed by atoms with E-state index in [1.54, 1.807) is 11.0 Å². The average Bonchev–Trinajstić information content (AvgIpc) is 3.31. The van der Waals surface area contributed by atoms with Crippen LogP contribution in [0.1, 0.15) is 40.9 Å². The molecule has 1 aliphatic carbocycles. The third kappa shape index (κ3) is 2.46. The van der Waals surface area contributed by atoms with Gasteiger partial charge in [0.05, 0.1) is 0 Å². The molecule has 4 rings (SSSR count). The number of hydrogen-bond donors (Lipinski definition) is 0. The summed E-state index contributed by atoms with van der Waals surface area (Å²) in [6, 6.07) is 1.94. The molecule has 1 saturated carbocycles. The fourth-order valence-corrected chi connectivity index (χ4v) is 3.22. The molecule has 2 aromatic heterocycles. The molecule has 0 aromatic carbocycles. The van der Waals surface area contributed by atoms with Crippen LogP contribution in [0.5, 0.6) is 0 Å². The normalized spacial score (nSPS) is 18.5. The predicted molar refractivity (Wildman–Crippen MR) is 78.7 cm³/mol. The third-order valence-electron chi connectivity index (χ3n) is 4.49. The number of halogens is 3. The molecule has 3 heterocycles. The summed E-state index contributed by atoms with van der Waals surface area (Å²) in [5.41, 5.74) is 0.122. The van der Waals surface area contributed by atoms with Gasteiger partial charge < -0.3 is 4.90 Å². The predicted octanol–water partition coefficient (Wildman–Crippen LogP) is 2.84. The molecular weight excluding hydrogens is 321 g/mol. The fraction of sp³-hybridized carbons (Fsp3) is 0.438. The van der Waals surface area contributed by atoms with Crippen LogP contribution in [0, 0.1) is 0 Å². The van der Waals surface area contributed by atoms with Gasteiger partial charge >= 0.3 is 6.18 Å². The molecule has 0 atom stereocenters. The monoisotopic (exact) mass is 336 g/mol. The Labute approximate surface area is 136 Å². The number of fused-ring (bicyclic) bond motifs is 1. The van der Waals surface area contributed by atoms with Gasteiger partial charge in [0.1, 0.15) is 17.6 Å². The van der Waals surface area contributed by atoms with Crippen LogP contribution in [0.15, 0.2) is 24.8 Å². The van der Waals surface area contributed by atoms with E-state index >= 15 is 0 Å². The van der Waals surface area contributed by atoms with E-state index < -0.39 is 11.7 Å². The second kappa shape index (κ2) is 5.32. The Balaban J connectivity index is 1.85. The molecule has 0 radical (unpaired) electrons. The molecule has 2 aromatic rings. The maximum atomic E-state index is 13.3. The topological polar surface area (TPSA) is 51.0 Å². The highest BCUT2D eigenvalue weighted by atomic mass is 19.4. The molecule has 0 N–H and O–H groups in total. The molecule has 1 aliphatic heterocycles. The summed E-state index contributed by atoms with van der Waals surface area (Å²) < 4.78 is 41.1. The number of nitrogens with zero attached hydrogens (tertiary/aromatic N) is 4. The van der Waals surface area contributed by atoms with Crippen molar-refractivity contribution >= 4 is 5.91 Å². The summed E-state index contributed by atoms with van der Waals surface area (Å²) >= 11 is 0. The van der Waals surface area contributed by atoms with E-state index in [4.69, 9.17) is 0 Å². The highest BCUT2D eigenvalue weighted by Crippen LogP contribution is 2.35. The van der Waals surface area contributed by atoms with Gasteiger partial charge in [-0.3, -0.25) is 9.36 Å². The van der Waals surface area contributed by atoms with Gasteiger partial charge in [-0.15, -0.1) is 0 Å². The standard InChI is InChI=1S/C16H15F3N4O/c17-16(18,19)12-8-20-9-21-14(12)23-7-5-10-2-1-6-22(11-3-4-11)15(24)13(10)23/h5,7-9,11H,1-4,6H2. The van der Waals surface area contributed by atoms with Crippen molar-refractivity contribution in [3.8, 4) is 5.82 Å². The number of carbonyl (C=O) groups is 1. The molecule has 1 fully saturated rings. The molecule has 8 heteroatoms. The Kier molecular flexibility index (Phi) is 3.36. The van der Waals surface area contributed by atoms with Crippen molar-refractivity contribution in [3.63, 3.8) is 0 Å². The van der Waals surface area contributed by atoms with E-state index in [0.29, 0.717) is 18.7 Å². The van der Waals surface area contributed by atoms with Crippen molar-refractivity contribution in [2.24, 2.45) is 0 Å². The van der Waals surface area contributed by atoms with E-state index in [0.717, 1.165) is 37.4 Å². The molecule has 2 aliphatic rings. The summed E-state index contributed by atoms with van der Waals surface area (Å²) in [6.07, 6.45) is 2.13. The van der Waals surface area contributed by atoms with E-state index in [1.807, 2.05) is 0 Å². The zero-order valence-electron chi connectivity index (χ0n) is 12.8. The first-order valence-electron chi connectivity index (χ1n) is 7.85. The van der Waals surface area contributed by atoms with Gasteiger partial charge in [0.15, 0.2) is 5.82 Å². The zero-order chi connectivity index (χ0) is 16.9.